The summed E-state index contributed by atoms with van der Waals surface area (Å²) in [4.78, 5) is 33.5. The minimum absolute atomic E-state index is 0.0854. The van der Waals surface area contributed by atoms with Gasteiger partial charge in [-0.05, 0) is 12.8 Å². The summed E-state index contributed by atoms with van der Waals surface area (Å²) in [5.74, 6) is -0.519. The lowest BCUT2D eigenvalue weighted by molar-refractivity contribution is -0.147. The van der Waals surface area contributed by atoms with E-state index < -0.39 is 26.5 Å². The van der Waals surface area contributed by atoms with E-state index >= 15 is 0 Å². The molecule has 0 aliphatic carbocycles. The van der Waals surface area contributed by atoms with Crippen molar-refractivity contribution in [1.82, 2.24) is 5.32 Å². The van der Waals surface area contributed by atoms with Crippen molar-refractivity contribution < 1.29 is 37.9 Å². The van der Waals surface area contributed by atoms with Crippen LogP contribution in [0, 0.1) is 0 Å². The van der Waals surface area contributed by atoms with Crippen molar-refractivity contribution in [2.45, 2.75) is 174 Å². The van der Waals surface area contributed by atoms with Crippen LogP contribution in [-0.2, 0) is 27.9 Å². The lowest BCUT2D eigenvalue weighted by Crippen LogP contribution is -2.27. The summed E-state index contributed by atoms with van der Waals surface area (Å²) in [6.45, 7) is 3.49. The number of carbonyl (C=O) groups excluding carboxylic acids is 2. The van der Waals surface area contributed by atoms with Crippen molar-refractivity contribution in [2.24, 2.45) is 0 Å². The van der Waals surface area contributed by atoms with Crippen molar-refractivity contribution in [1.29, 1.82) is 0 Å². The van der Waals surface area contributed by atoms with Crippen LogP contribution >= 0.6 is 7.82 Å². The first kappa shape index (κ1) is 42.0. The van der Waals surface area contributed by atoms with E-state index in [1.165, 1.54) is 103 Å². The summed E-state index contributed by atoms with van der Waals surface area (Å²) < 4.78 is 26.6. The highest BCUT2D eigenvalue weighted by Crippen LogP contribution is 2.42. The first-order valence-electron chi connectivity index (χ1n) is 17.5. The lowest BCUT2D eigenvalue weighted by Gasteiger charge is -2.15. The monoisotopic (exact) mass is 635 g/mol. The van der Waals surface area contributed by atoms with Gasteiger partial charge < -0.3 is 20.1 Å². The molecule has 0 aliphatic heterocycles. The molecule has 0 bridgehead atoms. The van der Waals surface area contributed by atoms with Gasteiger partial charge in [-0.25, -0.2) is 4.57 Å². The zero-order chi connectivity index (χ0) is 31.9. The van der Waals surface area contributed by atoms with Crippen LogP contribution in [0.25, 0.3) is 0 Å². The Bertz CT molecular complexity index is 694. The predicted octanol–water partition coefficient (Wildman–Crippen LogP) is 8.54. The molecular weight excluding hydrogens is 569 g/mol. The van der Waals surface area contributed by atoms with Crippen molar-refractivity contribution in [3.8, 4) is 0 Å². The summed E-state index contributed by atoms with van der Waals surface area (Å²) in [5, 5.41) is 12.6. The van der Waals surface area contributed by atoms with Crippen LogP contribution in [0.1, 0.15) is 168 Å². The highest BCUT2D eigenvalue weighted by molar-refractivity contribution is 7.47. The molecule has 256 valence electrons. The second kappa shape index (κ2) is 31.0. The van der Waals surface area contributed by atoms with Crippen LogP contribution in [0.15, 0.2) is 0 Å². The number of rotatable bonds is 33. The van der Waals surface area contributed by atoms with Gasteiger partial charge >= 0.3 is 13.8 Å². The maximum Gasteiger partial charge on any atom is 0.472 e. The Morgan fingerprint density at radius 3 is 1.51 bits per heavy atom. The molecule has 43 heavy (non-hydrogen) atoms. The number of hydrogen-bond donors (Lipinski definition) is 3. The number of unbranched alkanes of at least 4 members (excludes halogenated alkanes) is 20. The SMILES string of the molecule is CCCCCCCCCCCCCCCCCCC(=O)OCC(O)COP(=O)(O)OCCNC(=O)CCCCCCCC. The molecule has 3 N–H and O–H groups in total. The van der Waals surface area contributed by atoms with Crippen molar-refractivity contribution in [2.75, 3.05) is 26.4 Å². The molecule has 0 aromatic rings. The Morgan fingerprint density at radius 2 is 1.05 bits per heavy atom. The second-order valence-electron chi connectivity index (χ2n) is 11.9. The summed E-state index contributed by atoms with van der Waals surface area (Å²) >= 11 is 0. The van der Waals surface area contributed by atoms with Crippen LogP contribution in [-0.4, -0.2) is 54.3 Å². The molecule has 2 atom stereocenters. The molecule has 0 heterocycles. The average Bonchev–Trinajstić information content (AvgIpc) is 2.98. The van der Waals surface area contributed by atoms with Crippen LogP contribution in [0.2, 0.25) is 0 Å². The molecule has 0 fully saturated rings. The molecule has 0 aromatic heterocycles. The normalized spacial score (nSPS) is 13.5. The minimum Gasteiger partial charge on any atom is -0.463 e. The number of aliphatic hydroxyl groups is 1. The molecule has 0 saturated heterocycles. The van der Waals surface area contributed by atoms with Gasteiger partial charge in [0, 0.05) is 19.4 Å². The summed E-state index contributed by atoms with van der Waals surface area (Å²) in [7, 11) is -4.39. The number of phosphoric acid groups is 1. The average molecular weight is 636 g/mol. The summed E-state index contributed by atoms with van der Waals surface area (Å²) in [6, 6.07) is 0. The maximum absolute atomic E-state index is 12.0. The first-order chi connectivity index (χ1) is 20.8. The Balaban J connectivity index is 3.58. The minimum atomic E-state index is -4.39. The van der Waals surface area contributed by atoms with Gasteiger partial charge in [0.15, 0.2) is 0 Å². The standard InChI is InChI=1S/C33H66NO8P/c1-3-5-7-9-11-12-13-14-15-16-17-18-19-20-22-24-26-33(37)40-29-31(35)30-42-43(38,39)41-28-27-34-32(36)25-23-21-10-8-6-4-2/h31,35H,3-30H2,1-2H3,(H,34,36)(H,38,39). The van der Waals surface area contributed by atoms with Crippen LogP contribution in [0.5, 0.6) is 0 Å². The van der Waals surface area contributed by atoms with E-state index in [1.54, 1.807) is 0 Å². The molecule has 0 radical (unpaired) electrons. The van der Waals surface area contributed by atoms with E-state index in [0.717, 1.165) is 38.5 Å². The number of amides is 1. The maximum atomic E-state index is 12.0. The molecule has 0 aliphatic rings. The lowest BCUT2D eigenvalue weighted by atomic mass is 10.0. The fraction of sp³-hybridized carbons (Fsp3) is 0.939. The van der Waals surface area contributed by atoms with Gasteiger partial charge in [-0.3, -0.25) is 18.6 Å². The number of hydrogen-bond acceptors (Lipinski definition) is 7. The molecule has 1 amide bonds. The van der Waals surface area contributed by atoms with Gasteiger partial charge in [-0.2, -0.15) is 0 Å². The highest BCUT2D eigenvalue weighted by atomic mass is 31.2. The number of ether oxygens (including phenoxy) is 1. The number of nitrogens with one attached hydrogen (secondary N) is 1. The fourth-order valence-corrected chi connectivity index (χ4v) is 5.61. The highest BCUT2D eigenvalue weighted by Gasteiger charge is 2.23. The van der Waals surface area contributed by atoms with E-state index in [4.69, 9.17) is 13.8 Å². The largest absolute Gasteiger partial charge is 0.472 e. The Labute approximate surface area is 263 Å². The van der Waals surface area contributed by atoms with Gasteiger partial charge in [0.1, 0.15) is 12.7 Å². The van der Waals surface area contributed by atoms with E-state index in [1.807, 2.05) is 0 Å². The zero-order valence-electron chi connectivity index (χ0n) is 27.7. The Morgan fingerprint density at radius 1 is 0.628 bits per heavy atom. The number of esters is 1. The predicted molar refractivity (Wildman–Crippen MR) is 174 cm³/mol. The van der Waals surface area contributed by atoms with Crippen molar-refractivity contribution in [3.05, 3.63) is 0 Å². The Kier molecular flexibility index (Phi) is 30.3. The molecule has 0 spiro atoms. The van der Waals surface area contributed by atoms with Crippen LogP contribution < -0.4 is 5.32 Å². The first-order valence-corrected chi connectivity index (χ1v) is 19.0. The second-order valence-corrected chi connectivity index (χ2v) is 13.3. The van der Waals surface area contributed by atoms with Crippen molar-refractivity contribution in [3.63, 3.8) is 0 Å². The van der Waals surface area contributed by atoms with E-state index in [2.05, 4.69) is 19.2 Å². The van der Waals surface area contributed by atoms with E-state index in [-0.39, 0.29) is 32.1 Å². The third-order valence-corrected chi connectivity index (χ3v) is 8.52. The van der Waals surface area contributed by atoms with E-state index in [0.29, 0.717) is 6.42 Å². The third-order valence-electron chi connectivity index (χ3n) is 7.54. The number of aliphatic hydroxyl groups excluding tert-OH is 1. The molecular formula is C33H66NO8P. The third kappa shape index (κ3) is 32.2. The summed E-state index contributed by atoms with van der Waals surface area (Å²) in [6.07, 6.45) is 26.3. The van der Waals surface area contributed by atoms with Gasteiger partial charge in [0.25, 0.3) is 0 Å². The van der Waals surface area contributed by atoms with Crippen LogP contribution in [0.3, 0.4) is 0 Å². The van der Waals surface area contributed by atoms with E-state index in [9.17, 15) is 24.2 Å². The number of phosphoric ester groups is 1. The molecule has 0 rings (SSSR count). The molecule has 0 aromatic carbocycles. The quantitative estimate of drug-likeness (QED) is 0.0371. The van der Waals surface area contributed by atoms with Gasteiger partial charge in [0.2, 0.25) is 5.91 Å². The topological polar surface area (TPSA) is 131 Å². The van der Waals surface area contributed by atoms with Gasteiger partial charge in [-0.1, -0.05) is 142 Å². The molecule has 9 nitrogen and oxygen atoms in total. The summed E-state index contributed by atoms with van der Waals surface area (Å²) in [5.41, 5.74) is 0. The van der Waals surface area contributed by atoms with Crippen molar-refractivity contribution >= 4 is 19.7 Å². The fourth-order valence-electron chi connectivity index (χ4n) is 4.85. The Hall–Kier alpha value is -0.990. The molecule has 10 heteroatoms. The number of carbonyl (C=O) groups is 2. The van der Waals surface area contributed by atoms with Crippen LogP contribution in [0.4, 0.5) is 0 Å². The van der Waals surface area contributed by atoms with Gasteiger partial charge in [-0.15, -0.1) is 0 Å². The molecule has 2 unspecified atom stereocenters. The smallest absolute Gasteiger partial charge is 0.463 e. The van der Waals surface area contributed by atoms with Gasteiger partial charge in [0.05, 0.1) is 13.2 Å². The zero-order valence-corrected chi connectivity index (χ0v) is 28.6. The molecule has 0 saturated carbocycles.